The van der Waals surface area contributed by atoms with E-state index in [0.29, 0.717) is 0 Å². The van der Waals surface area contributed by atoms with Crippen LogP contribution in [0.15, 0.2) is 18.2 Å². The molecule has 1 N–H and O–H groups in total. The Balaban J connectivity index is 2.54. The van der Waals surface area contributed by atoms with Crippen LogP contribution in [0.1, 0.15) is 36.5 Å². The van der Waals surface area contributed by atoms with Gasteiger partial charge in [0.25, 0.3) is 0 Å². The Labute approximate surface area is 79.3 Å². The fourth-order valence-corrected chi connectivity index (χ4v) is 2.12. The van der Waals surface area contributed by atoms with Crippen molar-refractivity contribution in [3.63, 3.8) is 0 Å². The van der Waals surface area contributed by atoms with Crippen molar-refractivity contribution in [2.75, 3.05) is 0 Å². The van der Waals surface area contributed by atoms with Gasteiger partial charge in [0.1, 0.15) is 0 Å². The highest BCUT2D eigenvalue weighted by molar-refractivity contribution is 6.00. The Kier molecular flexibility index (Phi) is 2.17. The number of nitrogens with one attached hydrogen (secondary N) is 1. The van der Waals surface area contributed by atoms with Crippen molar-refractivity contribution in [1.29, 1.82) is 5.41 Å². The molecule has 0 aromatic heterocycles. The third kappa shape index (κ3) is 1.39. The summed E-state index contributed by atoms with van der Waals surface area (Å²) in [4.78, 5) is 0. The van der Waals surface area contributed by atoms with Crippen molar-refractivity contribution in [1.82, 2.24) is 0 Å². The van der Waals surface area contributed by atoms with E-state index in [9.17, 15) is 0 Å². The van der Waals surface area contributed by atoms with E-state index in [0.717, 1.165) is 25.0 Å². The zero-order valence-corrected chi connectivity index (χ0v) is 8.06. The van der Waals surface area contributed by atoms with Crippen molar-refractivity contribution in [2.24, 2.45) is 0 Å². The summed E-state index contributed by atoms with van der Waals surface area (Å²) in [5.74, 6) is 0. The number of aryl methyl sites for hydroxylation is 1. The van der Waals surface area contributed by atoms with Crippen LogP contribution in [0.3, 0.4) is 0 Å². The van der Waals surface area contributed by atoms with E-state index < -0.39 is 0 Å². The summed E-state index contributed by atoms with van der Waals surface area (Å²) in [6.45, 7) is 2.19. The number of benzene rings is 1. The van der Waals surface area contributed by atoms with Crippen LogP contribution in [-0.2, 0) is 12.8 Å². The van der Waals surface area contributed by atoms with Gasteiger partial charge in [-0.25, -0.2) is 0 Å². The van der Waals surface area contributed by atoms with Gasteiger partial charge >= 0.3 is 0 Å². The molecule has 0 unspecified atom stereocenters. The summed E-state index contributed by atoms with van der Waals surface area (Å²) in [7, 11) is 0. The minimum Gasteiger partial charge on any atom is -0.305 e. The third-order valence-electron chi connectivity index (χ3n) is 2.83. The number of hydrogen-bond acceptors (Lipinski definition) is 1. The Morgan fingerprint density at radius 3 is 2.92 bits per heavy atom. The molecule has 2 rings (SSSR count). The van der Waals surface area contributed by atoms with Gasteiger partial charge in [-0.3, -0.25) is 0 Å². The quantitative estimate of drug-likeness (QED) is 0.675. The van der Waals surface area contributed by atoms with Gasteiger partial charge in [-0.15, -0.1) is 0 Å². The fourth-order valence-electron chi connectivity index (χ4n) is 2.12. The molecule has 1 aromatic rings. The largest absolute Gasteiger partial charge is 0.305 e. The Bertz CT molecular complexity index is 339. The lowest BCUT2D eigenvalue weighted by Gasteiger charge is -2.19. The minimum atomic E-state index is 0.830. The van der Waals surface area contributed by atoms with Crippen molar-refractivity contribution in [3.05, 3.63) is 34.9 Å². The molecule has 0 atom stereocenters. The van der Waals surface area contributed by atoms with Crippen LogP contribution in [0.2, 0.25) is 0 Å². The zero-order valence-electron chi connectivity index (χ0n) is 8.06. The van der Waals surface area contributed by atoms with E-state index in [1.165, 1.54) is 23.1 Å². The second-order valence-electron chi connectivity index (χ2n) is 3.63. The lowest BCUT2D eigenvalue weighted by molar-refractivity contribution is 0.821. The van der Waals surface area contributed by atoms with Gasteiger partial charge in [-0.2, -0.15) is 0 Å². The average Bonchev–Trinajstić information content (AvgIpc) is 2.18. The van der Waals surface area contributed by atoms with Gasteiger partial charge < -0.3 is 5.41 Å². The first kappa shape index (κ1) is 8.49. The Morgan fingerprint density at radius 1 is 1.31 bits per heavy atom. The molecule has 0 aliphatic heterocycles. The maximum atomic E-state index is 7.84. The highest BCUT2D eigenvalue weighted by Gasteiger charge is 2.15. The van der Waals surface area contributed by atoms with Gasteiger partial charge in [-0.05, 0) is 42.4 Å². The average molecular weight is 173 g/mol. The molecule has 0 fully saturated rings. The van der Waals surface area contributed by atoms with Crippen molar-refractivity contribution in [3.8, 4) is 0 Å². The highest BCUT2D eigenvalue weighted by Crippen LogP contribution is 2.24. The first-order valence-electron chi connectivity index (χ1n) is 5.01. The molecule has 1 heteroatoms. The van der Waals surface area contributed by atoms with Gasteiger partial charge in [0.2, 0.25) is 0 Å². The Morgan fingerprint density at radius 2 is 2.15 bits per heavy atom. The molecule has 0 saturated heterocycles. The number of rotatable bonds is 1. The van der Waals surface area contributed by atoms with Crippen LogP contribution in [0.4, 0.5) is 0 Å². The molecule has 1 aliphatic carbocycles. The Hall–Kier alpha value is -1.11. The van der Waals surface area contributed by atoms with Crippen molar-refractivity contribution < 1.29 is 0 Å². The molecule has 68 valence electrons. The molecular weight excluding hydrogens is 158 g/mol. The van der Waals surface area contributed by atoms with E-state index in [-0.39, 0.29) is 0 Å². The molecule has 0 heterocycles. The van der Waals surface area contributed by atoms with E-state index in [2.05, 4.69) is 25.1 Å². The van der Waals surface area contributed by atoms with E-state index in [1.54, 1.807) is 0 Å². The van der Waals surface area contributed by atoms with E-state index >= 15 is 0 Å². The first-order chi connectivity index (χ1) is 6.33. The molecule has 0 spiro atoms. The summed E-state index contributed by atoms with van der Waals surface area (Å²) >= 11 is 0. The van der Waals surface area contributed by atoms with Crippen LogP contribution in [-0.4, -0.2) is 5.71 Å². The SMILES string of the molecule is CCc1cccc2c1CCCC2=N. The monoisotopic (exact) mass is 173 g/mol. The highest BCUT2D eigenvalue weighted by atomic mass is 14.4. The standard InChI is InChI=1S/C12H15N/c1-2-9-5-3-7-11-10(9)6-4-8-12(11)13/h3,5,7,13H,2,4,6,8H2,1H3. The molecule has 13 heavy (non-hydrogen) atoms. The minimum absolute atomic E-state index is 0.830. The van der Waals surface area contributed by atoms with Gasteiger partial charge in [0, 0.05) is 5.71 Å². The fraction of sp³-hybridized carbons (Fsp3) is 0.417. The predicted octanol–water partition coefficient (Wildman–Crippen LogP) is 2.95. The summed E-state index contributed by atoms with van der Waals surface area (Å²) in [5.41, 5.74) is 4.89. The normalized spacial score (nSPS) is 15.6. The summed E-state index contributed by atoms with van der Waals surface area (Å²) in [5, 5.41) is 7.84. The van der Waals surface area contributed by atoms with Gasteiger partial charge in [0.05, 0.1) is 0 Å². The van der Waals surface area contributed by atoms with E-state index in [4.69, 9.17) is 5.41 Å². The topological polar surface area (TPSA) is 23.9 Å². The van der Waals surface area contributed by atoms with Crippen LogP contribution < -0.4 is 0 Å². The van der Waals surface area contributed by atoms with Crippen molar-refractivity contribution in [2.45, 2.75) is 32.6 Å². The molecule has 1 aromatic carbocycles. The molecule has 0 radical (unpaired) electrons. The van der Waals surface area contributed by atoms with Gasteiger partial charge in [0.15, 0.2) is 0 Å². The maximum Gasteiger partial charge on any atom is 0.0389 e. The predicted molar refractivity (Wildman–Crippen MR) is 55.6 cm³/mol. The van der Waals surface area contributed by atoms with Gasteiger partial charge in [-0.1, -0.05) is 25.1 Å². The molecule has 1 aliphatic rings. The maximum absolute atomic E-state index is 7.84. The van der Waals surface area contributed by atoms with Crippen molar-refractivity contribution >= 4 is 5.71 Å². The second-order valence-corrected chi connectivity index (χ2v) is 3.63. The van der Waals surface area contributed by atoms with Crippen LogP contribution >= 0.6 is 0 Å². The molecule has 1 nitrogen and oxygen atoms in total. The van der Waals surface area contributed by atoms with E-state index in [1.807, 2.05) is 0 Å². The summed E-state index contributed by atoms with van der Waals surface area (Å²) in [6.07, 6.45) is 4.38. The molecular formula is C12H15N. The zero-order chi connectivity index (χ0) is 9.26. The van der Waals surface area contributed by atoms with Crippen LogP contribution in [0, 0.1) is 5.41 Å². The third-order valence-corrected chi connectivity index (χ3v) is 2.83. The number of fused-ring (bicyclic) bond motifs is 1. The first-order valence-corrected chi connectivity index (χ1v) is 5.01. The van der Waals surface area contributed by atoms with Crippen LogP contribution in [0.5, 0.6) is 0 Å². The smallest absolute Gasteiger partial charge is 0.0389 e. The molecule has 0 saturated carbocycles. The van der Waals surface area contributed by atoms with Crippen LogP contribution in [0.25, 0.3) is 0 Å². The number of hydrogen-bond donors (Lipinski definition) is 1. The molecule has 0 amide bonds. The second kappa shape index (κ2) is 3.33. The summed E-state index contributed by atoms with van der Waals surface area (Å²) < 4.78 is 0. The lowest BCUT2D eigenvalue weighted by atomic mass is 9.86. The lowest BCUT2D eigenvalue weighted by Crippen LogP contribution is -2.12. The summed E-state index contributed by atoms with van der Waals surface area (Å²) in [6, 6.07) is 6.37. The molecule has 0 bridgehead atoms.